The van der Waals surface area contributed by atoms with Crippen LogP contribution in [0.3, 0.4) is 0 Å². The van der Waals surface area contributed by atoms with Gasteiger partial charge in [0.2, 0.25) is 5.75 Å². The van der Waals surface area contributed by atoms with Crippen LogP contribution in [0.15, 0.2) is 30.3 Å². The van der Waals surface area contributed by atoms with Crippen molar-refractivity contribution >= 4 is 5.91 Å². The summed E-state index contributed by atoms with van der Waals surface area (Å²) >= 11 is 0. The van der Waals surface area contributed by atoms with Gasteiger partial charge in [0.1, 0.15) is 31.3 Å². The van der Waals surface area contributed by atoms with Crippen molar-refractivity contribution in [3.8, 4) is 28.7 Å². The summed E-state index contributed by atoms with van der Waals surface area (Å²) in [5.74, 6) is 2.11. The first kappa shape index (κ1) is 67.7. The van der Waals surface area contributed by atoms with Gasteiger partial charge in [-0.25, -0.2) is 0 Å². The highest BCUT2D eigenvalue weighted by atomic mass is 16.6. The van der Waals surface area contributed by atoms with Crippen molar-refractivity contribution in [2.75, 3.05) is 153 Å². The van der Waals surface area contributed by atoms with Gasteiger partial charge in [-0.2, -0.15) is 0 Å². The minimum atomic E-state index is -0.327. The van der Waals surface area contributed by atoms with E-state index in [-0.39, 0.29) is 52.1 Å². The number of hydrogen-bond donors (Lipinski definition) is 1. The largest absolute Gasteiger partial charge is 0.493 e. The van der Waals surface area contributed by atoms with Gasteiger partial charge in [0, 0.05) is 39.5 Å². The van der Waals surface area contributed by atoms with Crippen molar-refractivity contribution in [1.82, 2.24) is 5.32 Å². The lowest BCUT2D eigenvalue weighted by Gasteiger charge is -2.19. The molecule has 0 bridgehead atoms. The Labute approximate surface area is 453 Å². The van der Waals surface area contributed by atoms with Crippen molar-refractivity contribution in [2.45, 2.75) is 149 Å². The zero-order chi connectivity index (χ0) is 53.8. The van der Waals surface area contributed by atoms with Gasteiger partial charge in [-0.3, -0.25) is 4.79 Å². The van der Waals surface area contributed by atoms with Gasteiger partial charge in [-0.05, 0) is 42.7 Å². The molecule has 16 nitrogen and oxygen atoms in total. The molecule has 1 amide bonds. The Morgan fingerprint density at radius 1 is 0.347 bits per heavy atom. The zero-order valence-corrected chi connectivity index (χ0v) is 47.5. The van der Waals surface area contributed by atoms with Crippen LogP contribution >= 0.6 is 0 Å². The summed E-state index contributed by atoms with van der Waals surface area (Å²) in [6.07, 6.45) is 25.2. The average molecular weight is 1070 g/mol. The Hall–Kier alpha value is -3.45. The average Bonchev–Trinajstić information content (AvgIpc) is 3.42. The van der Waals surface area contributed by atoms with Gasteiger partial charge in [0.05, 0.1) is 112 Å². The molecule has 75 heavy (non-hydrogen) atoms. The lowest BCUT2D eigenvalue weighted by molar-refractivity contribution is 0.0146. The third-order valence-corrected chi connectivity index (χ3v) is 12.1. The number of ether oxygens (including phenoxy) is 14. The Balaban J connectivity index is 2.23. The Morgan fingerprint density at radius 2 is 0.667 bits per heavy atom. The first-order valence-corrected chi connectivity index (χ1v) is 28.7. The molecule has 2 aromatic rings. The van der Waals surface area contributed by atoms with Crippen LogP contribution in [-0.2, 0) is 49.2 Å². The number of unbranched alkanes of at least 4 members (excludes halogenated alkanes) is 18. The first-order valence-electron chi connectivity index (χ1n) is 28.7. The molecule has 2 rings (SSSR count). The molecular formula is C59H103NO15. The van der Waals surface area contributed by atoms with E-state index in [0.717, 1.165) is 42.7 Å². The number of carbonyl (C=O) groups excluding carboxylic acids is 1. The lowest BCUT2D eigenvalue weighted by atomic mass is 10.1. The van der Waals surface area contributed by atoms with Gasteiger partial charge in [-0.15, -0.1) is 0 Å². The van der Waals surface area contributed by atoms with Gasteiger partial charge in [0.25, 0.3) is 5.91 Å². The fraction of sp³-hybridized carbons (Fsp3) is 0.780. The number of hydrogen-bond acceptors (Lipinski definition) is 15. The van der Waals surface area contributed by atoms with Crippen molar-refractivity contribution in [3.63, 3.8) is 0 Å². The number of nitrogens with one attached hydrogen (secondary N) is 1. The Kier molecular flexibility index (Phi) is 46.3. The number of carbonyl (C=O) groups is 1. The molecule has 0 aliphatic carbocycles. The van der Waals surface area contributed by atoms with Crippen LogP contribution in [0.1, 0.15) is 158 Å². The van der Waals surface area contributed by atoms with Gasteiger partial charge in [0.15, 0.2) is 11.5 Å². The van der Waals surface area contributed by atoms with E-state index in [2.05, 4.69) is 19.2 Å². The van der Waals surface area contributed by atoms with Crippen molar-refractivity contribution in [3.05, 3.63) is 41.5 Å². The van der Waals surface area contributed by atoms with Crippen LogP contribution in [0.4, 0.5) is 0 Å². The number of amides is 1. The minimum absolute atomic E-state index is 0.175. The Bertz CT molecular complexity index is 1500. The molecule has 2 aromatic carbocycles. The highest BCUT2D eigenvalue weighted by molar-refractivity contribution is 5.95. The fourth-order valence-corrected chi connectivity index (χ4v) is 7.82. The van der Waals surface area contributed by atoms with Crippen molar-refractivity contribution in [2.24, 2.45) is 0 Å². The molecule has 0 radical (unpaired) electrons. The monoisotopic (exact) mass is 1070 g/mol. The molecule has 0 aromatic heterocycles. The second-order valence-corrected chi connectivity index (χ2v) is 18.6. The first-order chi connectivity index (χ1) is 37.1. The fourth-order valence-electron chi connectivity index (χ4n) is 7.82. The molecule has 0 heterocycles. The second kappa shape index (κ2) is 51.3. The van der Waals surface area contributed by atoms with Crippen LogP contribution in [0.5, 0.6) is 28.7 Å². The highest BCUT2D eigenvalue weighted by Crippen LogP contribution is 2.39. The minimum Gasteiger partial charge on any atom is -0.493 e. The zero-order valence-electron chi connectivity index (χ0n) is 47.5. The number of methoxy groups -OCH3 is 3. The molecular weight excluding hydrogens is 963 g/mol. The van der Waals surface area contributed by atoms with Gasteiger partial charge < -0.3 is 71.6 Å². The summed E-state index contributed by atoms with van der Waals surface area (Å²) in [7, 11) is 4.90. The standard InChI is InChI=1S/C59H103NO15/c1-6-8-10-12-14-16-18-20-22-24-26-71-54-46-52(47-55(50-54)72-27-25-23-21-19-17-15-13-11-9-7-2)51-60-59(61)53-48-56(73-43-40-68-37-34-65-31-28-62-3)58(75-45-42-70-39-36-67-33-30-64-5)57(49-53)74-44-41-69-38-35-66-32-29-63-4/h46-50H,6-45,51H2,1-5H3,(H,60,61). The number of benzene rings is 2. The summed E-state index contributed by atoms with van der Waals surface area (Å²) in [5.41, 5.74) is 1.19. The SMILES string of the molecule is CCCCCCCCCCCCOc1cc(CNC(=O)c2cc(OCCOCCOCCOC)c(OCCOCCOCCOC)c(OCCOCCOCCOC)c2)cc(OCCCCCCCCCCCC)c1. The predicted octanol–water partition coefficient (Wildman–Crippen LogP) is 11.4. The molecule has 0 unspecified atom stereocenters. The third kappa shape index (κ3) is 38.7. The van der Waals surface area contributed by atoms with E-state index >= 15 is 0 Å². The van der Waals surface area contributed by atoms with E-state index in [0.29, 0.717) is 115 Å². The van der Waals surface area contributed by atoms with E-state index in [9.17, 15) is 4.79 Å². The smallest absolute Gasteiger partial charge is 0.251 e. The van der Waals surface area contributed by atoms with Gasteiger partial charge >= 0.3 is 0 Å². The van der Waals surface area contributed by atoms with Gasteiger partial charge in [-0.1, -0.05) is 129 Å². The second-order valence-electron chi connectivity index (χ2n) is 18.6. The number of rotatable bonds is 57. The molecule has 0 saturated heterocycles. The van der Waals surface area contributed by atoms with Crippen LogP contribution in [-0.4, -0.2) is 159 Å². The summed E-state index contributed by atoms with van der Waals surface area (Å²) in [6.45, 7) is 12.8. The van der Waals surface area contributed by atoms with E-state index in [4.69, 9.17) is 66.3 Å². The molecule has 0 atom stereocenters. The van der Waals surface area contributed by atoms with Crippen molar-refractivity contribution < 1.29 is 71.1 Å². The summed E-state index contributed by atoms with van der Waals surface area (Å²) in [4.78, 5) is 14.2. The van der Waals surface area contributed by atoms with Crippen molar-refractivity contribution in [1.29, 1.82) is 0 Å². The summed E-state index contributed by atoms with van der Waals surface area (Å²) in [6, 6.07) is 9.28. The summed E-state index contributed by atoms with van der Waals surface area (Å²) in [5, 5.41) is 3.12. The third-order valence-electron chi connectivity index (χ3n) is 12.1. The van der Waals surface area contributed by atoms with E-state index in [1.807, 2.05) is 18.2 Å². The highest BCUT2D eigenvalue weighted by Gasteiger charge is 2.20. The van der Waals surface area contributed by atoms with E-state index in [1.165, 1.54) is 103 Å². The maximum atomic E-state index is 14.2. The molecule has 0 fully saturated rings. The Morgan fingerprint density at radius 3 is 1.03 bits per heavy atom. The maximum absolute atomic E-state index is 14.2. The molecule has 0 saturated carbocycles. The van der Waals surface area contributed by atoms with E-state index in [1.54, 1.807) is 33.5 Å². The summed E-state index contributed by atoms with van der Waals surface area (Å²) < 4.78 is 80.6. The predicted molar refractivity (Wildman–Crippen MR) is 296 cm³/mol. The van der Waals surface area contributed by atoms with Crippen LogP contribution in [0, 0.1) is 0 Å². The van der Waals surface area contributed by atoms with E-state index < -0.39 is 0 Å². The lowest BCUT2D eigenvalue weighted by Crippen LogP contribution is -2.23. The molecule has 0 spiro atoms. The topological polar surface area (TPSA) is 158 Å². The van der Waals surface area contributed by atoms with Crippen LogP contribution in [0.25, 0.3) is 0 Å². The maximum Gasteiger partial charge on any atom is 0.251 e. The molecule has 16 heteroatoms. The van der Waals surface area contributed by atoms with Crippen LogP contribution < -0.4 is 29.0 Å². The normalized spacial score (nSPS) is 11.3. The molecule has 0 aliphatic rings. The molecule has 0 aliphatic heterocycles. The molecule has 434 valence electrons. The quantitative estimate of drug-likeness (QED) is 0.0623. The van der Waals surface area contributed by atoms with Crippen LogP contribution in [0.2, 0.25) is 0 Å². The molecule has 1 N–H and O–H groups in total.